The van der Waals surface area contributed by atoms with E-state index in [9.17, 15) is 18.0 Å². The van der Waals surface area contributed by atoms with Crippen molar-refractivity contribution in [3.05, 3.63) is 58.1 Å². The highest BCUT2D eigenvalue weighted by Gasteiger charge is 2.29. The molecular weight excluding hydrogens is 549 g/mol. The number of hydrogen-bond donors (Lipinski definition) is 1. The molecule has 0 saturated heterocycles. The van der Waals surface area contributed by atoms with Crippen LogP contribution in [0.2, 0.25) is 10.0 Å². The number of hydrogen-bond acceptors (Lipinski definition) is 5. The Bertz CT molecular complexity index is 1190. The third-order valence-corrected chi connectivity index (χ3v) is 7.65. The van der Waals surface area contributed by atoms with Crippen molar-refractivity contribution in [2.75, 3.05) is 30.8 Å². The van der Waals surface area contributed by atoms with Gasteiger partial charge in [0, 0.05) is 31.1 Å². The van der Waals surface area contributed by atoms with Crippen molar-refractivity contribution in [1.82, 2.24) is 10.2 Å². The molecule has 2 amide bonds. The van der Waals surface area contributed by atoms with Crippen molar-refractivity contribution in [2.45, 2.75) is 52.6 Å². The molecule has 1 N–H and O–H groups in total. The van der Waals surface area contributed by atoms with Gasteiger partial charge in [-0.25, -0.2) is 8.42 Å². The minimum Gasteiger partial charge on any atom is -0.495 e. The fraction of sp³-hybridized carbons (Fsp3) is 0.481. The summed E-state index contributed by atoms with van der Waals surface area (Å²) in [6.07, 6.45) is 1.84. The number of methoxy groups -OCH3 is 1. The topological polar surface area (TPSA) is 96.0 Å². The average molecular weight is 587 g/mol. The molecule has 0 bridgehead atoms. The van der Waals surface area contributed by atoms with Crippen LogP contribution in [0.25, 0.3) is 0 Å². The van der Waals surface area contributed by atoms with Crippen molar-refractivity contribution < 1.29 is 22.7 Å². The van der Waals surface area contributed by atoms with Crippen LogP contribution < -0.4 is 14.4 Å². The third kappa shape index (κ3) is 9.36. The Morgan fingerprint density at radius 2 is 1.74 bits per heavy atom. The van der Waals surface area contributed by atoms with Crippen LogP contribution in [-0.2, 0) is 26.2 Å². The zero-order valence-electron chi connectivity index (χ0n) is 22.5. The van der Waals surface area contributed by atoms with Gasteiger partial charge in [0.2, 0.25) is 21.8 Å². The Morgan fingerprint density at radius 1 is 1.08 bits per heavy atom. The molecular formula is C27H37Cl2N3O5S. The number of carbonyl (C=O) groups is 2. The molecule has 0 saturated carbocycles. The second-order valence-electron chi connectivity index (χ2n) is 9.47. The van der Waals surface area contributed by atoms with Crippen LogP contribution in [-0.4, -0.2) is 57.6 Å². The highest BCUT2D eigenvalue weighted by molar-refractivity contribution is 7.92. The zero-order valence-corrected chi connectivity index (χ0v) is 24.9. The van der Waals surface area contributed by atoms with E-state index in [-0.39, 0.29) is 48.7 Å². The van der Waals surface area contributed by atoms with Gasteiger partial charge < -0.3 is 15.0 Å². The van der Waals surface area contributed by atoms with Gasteiger partial charge in [-0.15, -0.1) is 0 Å². The molecule has 2 aromatic carbocycles. The van der Waals surface area contributed by atoms with Gasteiger partial charge in [0.1, 0.15) is 11.8 Å². The standard InChI is InChI=1S/C27H37Cl2N3O5S/c1-6-24(27(34)30-17-19(2)3)31(18-20-9-11-21(28)12-10-20)26(33)8-7-15-32(38(5,35)36)22-13-14-25(37-4)23(29)16-22/h9-14,16,19,24H,6-8,15,17-18H2,1-5H3,(H,30,34)/t24-/m1/s1. The minimum atomic E-state index is -3.64. The number of carbonyl (C=O) groups excluding carboxylic acids is 2. The molecule has 0 aromatic heterocycles. The fourth-order valence-electron chi connectivity index (χ4n) is 3.94. The van der Waals surface area contributed by atoms with E-state index in [2.05, 4.69) is 5.32 Å². The summed E-state index contributed by atoms with van der Waals surface area (Å²) in [7, 11) is -2.17. The molecule has 0 aliphatic heterocycles. The first-order chi connectivity index (χ1) is 17.9. The molecule has 11 heteroatoms. The molecule has 8 nitrogen and oxygen atoms in total. The number of rotatable bonds is 14. The normalized spacial score (nSPS) is 12.2. The number of nitrogens with zero attached hydrogens (tertiary/aromatic N) is 2. The Labute approximate surface area is 236 Å². The van der Waals surface area contributed by atoms with Crippen LogP contribution >= 0.6 is 23.2 Å². The molecule has 0 spiro atoms. The van der Waals surface area contributed by atoms with E-state index in [0.717, 1.165) is 11.8 Å². The molecule has 2 rings (SSSR count). The first-order valence-electron chi connectivity index (χ1n) is 12.5. The summed E-state index contributed by atoms with van der Waals surface area (Å²) >= 11 is 12.2. The van der Waals surface area contributed by atoms with Crippen LogP contribution in [0.5, 0.6) is 5.75 Å². The van der Waals surface area contributed by atoms with Gasteiger partial charge in [0.15, 0.2) is 0 Å². The van der Waals surface area contributed by atoms with Crippen molar-refractivity contribution in [1.29, 1.82) is 0 Å². The summed E-state index contributed by atoms with van der Waals surface area (Å²) < 4.78 is 31.4. The Hall–Kier alpha value is -2.49. The van der Waals surface area contributed by atoms with Gasteiger partial charge in [-0.2, -0.15) is 0 Å². The quantitative estimate of drug-likeness (QED) is 0.331. The van der Waals surface area contributed by atoms with Gasteiger partial charge in [0.25, 0.3) is 0 Å². The molecule has 2 aromatic rings. The molecule has 0 radical (unpaired) electrons. The lowest BCUT2D eigenvalue weighted by molar-refractivity contribution is -0.141. The number of nitrogens with one attached hydrogen (secondary N) is 1. The highest BCUT2D eigenvalue weighted by atomic mass is 35.5. The highest BCUT2D eigenvalue weighted by Crippen LogP contribution is 2.30. The van der Waals surface area contributed by atoms with Gasteiger partial charge in [-0.3, -0.25) is 13.9 Å². The van der Waals surface area contributed by atoms with Crippen LogP contribution in [0.15, 0.2) is 42.5 Å². The molecule has 1 atom stereocenters. The number of sulfonamides is 1. The number of ether oxygens (including phenoxy) is 1. The molecule has 0 fully saturated rings. The first kappa shape index (κ1) is 31.7. The number of halogens is 2. The van der Waals surface area contributed by atoms with Crippen LogP contribution in [0, 0.1) is 5.92 Å². The fourth-order valence-corrected chi connectivity index (χ4v) is 5.28. The number of benzene rings is 2. The van der Waals surface area contributed by atoms with Crippen LogP contribution in [0.1, 0.15) is 45.6 Å². The van der Waals surface area contributed by atoms with E-state index in [1.165, 1.54) is 17.5 Å². The Balaban J connectivity index is 2.22. The predicted molar refractivity (Wildman–Crippen MR) is 153 cm³/mol. The smallest absolute Gasteiger partial charge is 0.242 e. The summed E-state index contributed by atoms with van der Waals surface area (Å²) in [5.41, 5.74) is 1.21. The van der Waals surface area contributed by atoms with Crippen LogP contribution in [0.3, 0.4) is 0 Å². The molecule has 38 heavy (non-hydrogen) atoms. The van der Waals surface area contributed by atoms with E-state index in [4.69, 9.17) is 27.9 Å². The van der Waals surface area contributed by atoms with E-state index in [1.54, 1.807) is 29.2 Å². The van der Waals surface area contributed by atoms with E-state index in [0.29, 0.717) is 29.4 Å². The van der Waals surface area contributed by atoms with Gasteiger partial charge in [-0.05, 0) is 54.7 Å². The van der Waals surface area contributed by atoms with Gasteiger partial charge >= 0.3 is 0 Å². The summed E-state index contributed by atoms with van der Waals surface area (Å²) in [5, 5.41) is 3.79. The number of anilines is 1. The third-order valence-electron chi connectivity index (χ3n) is 5.91. The predicted octanol–water partition coefficient (Wildman–Crippen LogP) is 5.13. The lowest BCUT2D eigenvalue weighted by Gasteiger charge is -2.31. The lowest BCUT2D eigenvalue weighted by atomic mass is 10.1. The van der Waals surface area contributed by atoms with Crippen molar-refractivity contribution in [2.24, 2.45) is 5.92 Å². The summed E-state index contributed by atoms with van der Waals surface area (Å²) in [6, 6.07) is 11.2. The maximum Gasteiger partial charge on any atom is 0.242 e. The molecule has 0 unspecified atom stereocenters. The maximum atomic E-state index is 13.5. The van der Waals surface area contributed by atoms with Crippen LogP contribution in [0.4, 0.5) is 5.69 Å². The largest absolute Gasteiger partial charge is 0.495 e. The van der Waals surface area contributed by atoms with Crippen molar-refractivity contribution in [3.8, 4) is 5.75 Å². The van der Waals surface area contributed by atoms with Gasteiger partial charge in [0.05, 0.1) is 24.1 Å². The monoisotopic (exact) mass is 585 g/mol. The summed E-state index contributed by atoms with van der Waals surface area (Å²) in [6.45, 7) is 6.67. The van der Waals surface area contributed by atoms with Crippen molar-refractivity contribution in [3.63, 3.8) is 0 Å². The van der Waals surface area contributed by atoms with E-state index in [1.807, 2.05) is 32.9 Å². The second-order valence-corrected chi connectivity index (χ2v) is 12.2. The van der Waals surface area contributed by atoms with E-state index < -0.39 is 16.1 Å². The minimum absolute atomic E-state index is 0.0530. The average Bonchev–Trinajstić information content (AvgIpc) is 2.85. The molecule has 0 aliphatic rings. The van der Waals surface area contributed by atoms with Crippen molar-refractivity contribution >= 4 is 50.7 Å². The van der Waals surface area contributed by atoms with E-state index >= 15 is 0 Å². The summed E-state index contributed by atoms with van der Waals surface area (Å²) in [4.78, 5) is 28.1. The Morgan fingerprint density at radius 3 is 2.26 bits per heavy atom. The molecule has 210 valence electrons. The lowest BCUT2D eigenvalue weighted by Crippen LogP contribution is -2.49. The second kappa shape index (κ2) is 14.6. The first-order valence-corrected chi connectivity index (χ1v) is 15.1. The maximum absolute atomic E-state index is 13.5. The molecule has 0 aliphatic carbocycles. The SMILES string of the molecule is CC[C@H](C(=O)NCC(C)C)N(Cc1ccc(Cl)cc1)C(=O)CCCN(c1ccc(OC)c(Cl)c1)S(C)(=O)=O. The zero-order chi connectivity index (χ0) is 28.5. The molecule has 0 heterocycles. The van der Waals surface area contributed by atoms with Gasteiger partial charge in [-0.1, -0.05) is 56.1 Å². The number of amides is 2. The summed E-state index contributed by atoms with van der Waals surface area (Å²) in [5.74, 6) is 0.241. The Kier molecular flexibility index (Phi) is 12.2.